The molecule has 0 unspecified atom stereocenters. The molecule has 1 aliphatic rings. The molecule has 0 atom stereocenters. The molecule has 1 saturated carbocycles. The molecule has 1 N–H and O–H groups in total. The van der Waals surface area contributed by atoms with Gasteiger partial charge >= 0.3 is 5.69 Å². The maximum absolute atomic E-state index is 13.9. The molecule has 5 aromatic rings. The number of hydrogen-bond donors (Lipinski definition) is 1. The van der Waals surface area contributed by atoms with Gasteiger partial charge in [0.15, 0.2) is 11.2 Å². The Balaban J connectivity index is 1.44. The zero-order chi connectivity index (χ0) is 28.0. The number of nitrogens with one attached hydrogen (secondary N) is 1. The van der Waals surface area contributed by atoms with Gasteiger partial charge in [-0.2, -0.15) is 5.21 Å². The van der Waals surface area contributed by atoms with Crippen LogP contribution in [0.2, 0.25) is 0 Å². The van der Waals surface area contributed by atoms with Gasteiger partial charge in [-0.05, 0) is 46.6 Å². The summed E-state index contributed by atoms with van der Waals surface area (Å²) in [6.07, 6.45) is 2.12. The van der Waals surface area contributed by atoms with E-state index in [0.717, 1.165) is 40.9 Å². The fourth-order valence-electron chi connectivity index (χ4n) is 5.34. The summed E-state index contributed by atoms with van der Waals surface area (Å²) in [5.41, 5.74) is 4.48. The van der Waals surface area contributed by atoms with Crippen LogP contribution in [0.4, 0.5) is 0 Å². The number of H-pyrrole nitrogens is 1. The molecule has 2 aromatic carbocycles. The molecular weight excluding hydrogens is 504 g/mol. The summed E-state index contributed by atoms with van der Waals surface area (Å²) in [6, 6.07) is 16.3. The summed E-state index contributed by atoms with van der Waals surface area (Å²) in [7, 11) is 0. The van der Waals surface area contributed by atoms with Crippen LogP contribution in [0.3, 0.4) is 0 Å². The molecule has 1 aliphatic carbocycles. The topological polar surface area (TPSA) is 116 Å². The van der Waals surface area contributed by atoms with E-state index in [1.54, 1.807) is 4.57 Å². The summed E-state index contributed by atoms with van der Waals surface area (Å²) in [6.45, 7) is 9.77. The van der Waals surface area contributed by atoms with E-state index in [1.807, 2.05) is 28.8 Å². The van der Waals surface area contributed by atoms with E-state index >= 15 is 0 Å². The molecular formula is C30H34N8O2. The minimum atomic E-state index is -0.248. The highest BCUT2D eigenvalue weighted by Crippen LogP contribution is 2.31. The van der Waals surface area contributed by atoms with Gasteiger partial charge in [0.05, 0.1) is 0 Å². The molecule has 3 heterocycles. The molecule has 0 radical (unpaired) electrons. The van der Waals surface area contributed by atoms with E-state index in [9.17, 15) is 9.59 Å². The van der Waals surface area contributed by atoms with Crippen LogP contribution in [0.5, 0.6) is 0 Å². The number of aromatic nitrogens is 8. The van der Waals surface area contributed by atoms with Crippen molar-refractivity contribution >= 4 is 11.2 Å². The Kier molecular flexibility index (Phi) is 6.69. The van der Waals surface area contributed by atoms with E-state index in [1.165, 1.54) is 4.57 Å². The lowest BCUT2D eigenvalue weighted by molar-refractivity contribution is 0.477. The van der Waals surface area contributed by atoms with Crippen LogP contribution in [-0.2, 0) is 19.6 Å². The van der Waals surface area contributed by atoms with Crippen LogP contribution >= 0.6 is 0 Å². The van der Waals surface area contributed by atoms with E-state index in [0.29, 0.717) is 42.5 Å². The Morgan fingerprint density at radius 2 is 1.65 bits per heavy atom. The Morgan fingerprint density at radius 3 is 2.27 bits per heavy atom. The van der Waals surface area contributed by atoms with Crippen molar-refractivity contribution < 1.29 is 0 Å². The van der Waals surface area contributed by atoms with Gasteiger partial charge < -0.3 is 4.57 Å². The van der Waals surface area contributed by atoms with Crippen LogP contribution in [0.1, 0.15) is 57.8 Å². The first kappa shape index (κ1) is 25.9. The Labute approximate surface area is 231 Å². The van der Waals surface area contributed by atoms with Crippen LogP contribution in [0, 0.1) is 11.8 Å². The van der Waals surface area contributed by atoms with E-state index in [-0.39, 0.29) is 23.1 Å². The molecule has 10 nitrogen and oxygen atoms in total. The van der Waals surface area contributed by atoms with Crippen LogP contribution in [0.15, 0.2) is 58.1 Å². The number of imidazole rings is 1. The van der Waals surface area contributed by atoms with Gasteiger partial charge in [-0.1, -0.05) is 76.2 Å². The number of hydrogen-bond acceptors (Lipinski definition) is 6. The van der Waals surface area contributed by atoms with E-state index in [4.69, 9.17) is 4.98 Å². The largest absolute Gasteiger partial charge is 0.332 e. The Bertz CT molecular complexity index is 1770. The van der Waals surface area contributed by atoms with Crippen molar-refractivity contribution in [2.45, 2.75) is 66.1 Å². The van der Waals surface area contributed by atoms with Crippen molar-refractivity contribution in [3.05, 3.63) is 80.8 Å². The monoisotopic (exact) mass is 538 g/mol. The first-order chi connectivity index (χ1) is 19.3. The molecule has 0 saturated heterocycles. The van der Waals surface area contributed by atoms with Gasteiger partial charge in [-0.25, -0.2) is 9.78 Å². The Morgan fingerprint density at radius 1 is 0.925 bits per heavy atom. The van der Waals surface area contributed by atoms with Crippen molar-refractivity contribution in [2.24, 2.45) is 11.8 Å². The van der Waals surface area contributed by atoms with E-state index in [2.05, 4.69) is 72.6 Å². The highest BCUT2D eigenvalue weighted by molar-refractivity contribution is 5.80. The number of aromatic amines is 1. The molecule has 206 valence electrons. The van der Waals surface area contributed by atoms with Crippen molar-refractivity contribution in [2.75, 3.05) is 0 Å². The zero-order valence-electron chi connectivity index (χ0n) is 23.3. The number of nitrogens with zero attached hydrogens (tertiary/aromatic N) is 7. The number of rotatable bonds is 9. The second-order valence-electron chi connectivity index (χ2n) is 11.5. The maximum atomic E-state index is 13.9. The average Bonchev–Trinajstić information content (AvgIpc) is 3.43. The van der Waals surface area contributed by atoms with Gasteiger partial charge in [0, 0.05) is 31.1 Å². The van der Waals surface area contributed by atoms with Crippen molar-refractivity contribution in [1.82, 2.24) is 39.3 Å². The van der Waals surface area contributed by atoms with Crippen molar-refractivity contribution in [3.8, 4) is 22.5 Å². The smallest absolute Gasteiger partial charge is 0.317 e. The predicted molar refractivity (Wildman–Crippen MR) is 154 cm³/mol. The molecule has 0 spiro atoms. The summed E-state index contributed by atoms with van der Waals surface area (Å²) in [4.78, 5) is 32.3. The van der Waals surface area contributed by atoms with Gasteiger partial charge in [-0.3, -0.25) is 13.9 Å². The number of fused-ring (bicyclic) bond motifs is 1. The lowest BCUT2D eigenvalue weighted by Crippen LogP contribution is -2.41. The van der Waals surface area contributed by atoms with Crippen molar-refractivity contribution in [3.63, 3.8) is 0 Å². The molecule has 10 heteroatoms. The fraction of sp³-hybridized carbons (Fsp3) is 0.400. The van der Waals surface area contributed by atoms with Gasteiger partial charge in [-0.15, -0.1) is 10.2 Å². The third kappa shape index (κ3) is 4.78. The summed E-state index contributed by atoms with van der Waals surface area (Å²) in [5.74, 6) is 2.07. The highest BCUT2D eigenvalue weighted by Gasteiger charge is 2.28. The standard InChI is InChI=1S/C30H34N8O2/c1-18(2)15-37-28-25(29(39)38(30(37)40)17-20-9-10-20)36(27(31-28)19(3)4)16-21-11-13-22(14-12-21)23-7-5-6-8-24(23)26-32-34-35-33-26/h5-8,11-14,18-20H,9-10,15-17H2,1-4H3,(H,32,33,34,35). The summed E-state index contributed by atoms with van der Waals surface area (Å²) < 4.78 is 5.18. The highest BCUT2D eigenvalue weighted by atomic mass is 16.2. The fourth-order valence-corrected chi connectivity index (χ4v) is 5.34. The molecule has 0 amide bonds. The third-order valence-corrected chi connectivity index (χ3v) is 7.46. The van der Waals surface area contributed by atoms with Gasteiger partial charge in [0.2, 0.25) is 5.82 Å². The van der Waals surface area contributed by atoms with Crippen LogP contribution in [0.25, 0.3) is 33.7 Å². The van der Waals surface area contributed by atoms with Crippen LogP contribution < -0.4 is 11.2 Å². The maximum Gasteiger partial charge on any atom is 0.332 e. The van der Waals surface area contributed by atoms with Crippen molar-refractivity contribution in [1.29, 1.82) is 0 Å². The molecule has 0 aliphatic heterocycles. The quantitative estimate of drug-likeness (QED) is 0.297. The zero-order valence-corrected chi connectivity index (χ0v) is 23.3. The van der Waals surface area contributed by atoms with E-state index < -0.39 is 0 Å². The second kappa shape index (κ2) is 10.3. The minimum absolute atomic E-state index is 0.0763. The SMILES string of the molecule is CC(C)Cn1c(=O)n(CC2CC2)c(=O)c2c1nc(C(C)C)n2Cc1ccc(-c2ccccc2-c2nn[nH]n2)cc1. The molecule has 3 aromatic heterocycles. The first-order valence-corrected chi connectivity index (χ1v) is 14.0. The molecule has 0 bridgehead atoms. The lowest BCUT2D eigenvalue weighted by Gasteiger charge is -2.15. The number of tetrazole rings is 1. The molecule has 1 fully saturated rings. The Hall–Kier alpha value is -4.34. The number of benzene rings is 2. The first-order valence-electron chi connectivity index (χ1n) is 14.0. The molecule has 6 rings (SSSR count). The normalized spacial score (nSPS) is 13.7. The third-order valence-electron chi connectivity index (χ3n) is 7.46. The van der Waals surface area contributed by atoms with Gasteiger partial charge in [0.25, 0.3) is 5.56 Å². The van der Waals surface area contributed by atoms with Crippen LogP contribution in [-0.4, -0.2) is 39.3 Å². The second-order valence-corrected chi connectivity index (χ2v) is 11.5. The average molecular weight is 539 g/mol. The lowest BCUT2D eigenvalue weighted by atomic mass is 9.98. The van der Waals surface area contributed by atoms with Gasteiger partial charge in [0.1, 0.15) is 5.82 Å². The molecule has 40 heavy (non-hydrogen) atoms. The minimum Gasteiger partial charge on any atom is -0.317 e. The predicted octanol–water partition coefficient (Wildman–Crippen LogP) is 4.44. The summed E-state index contributed by atoms with van der Waals surface area (Å²) >= 11 is 0. The summed E-state index contributed by atoms with van der Waals surface area (Å²) in [5, 5.41) is 14.5.